The number of thiazole rings is 1. The molecule has 0 spiro atoms. The van der Waals surface area contributed by atoms with Gasteiger partial charge in [-0.2, -0.15) is 0 Å². The molecule has 1 saturated heterocycles. The third-order valence-corrected chi connectivity index (χ3v) is 7.10. The largest absolute Gasteiger partial charge is 0.345 e. The van der Waals surface area contributed by atoms with Crippen LogP contribution in [-0.2, 0) is 5.54 Å². The highest BCUT2D eigenvalue weighted by Gasteiger charge is 2.33. The number of hydrogen-bond donors (Lipinski definition) is 0. The predicted molar refractivity (Wildman–Crippen MR) is 129 cm³/mol. The van der Waals surface area contributed by atoms with Gasteiger partial charge in [0.15, 0.2) is 11.0 Å². The fourth-order valence-corrected chi connectivity index (χ4v) is 5.30. The Morgan fingerprint density at radius 2 is 1.66 bits per heavy atom. The van der Waals surface area contributed by atoms with Crippen LogP contribution in [0.15, 0.2) is 48.5 Å². The maximum atomic E-state index is 4.86. The summed E-state index contributed by atoms with van der Waals surface area (Å²) in [6.45, 7) is 12.3. The van der Waals surface area contributed by atoms with Gasteiger partial charge in [-0.15, -0.1) is 5.10 Å². The molecule has 0 N–H and O–H groups in total. The van der Waals surface area contributed by atoms with Gasteiger partial charge >= 0.3 is 0 Å². The highest BCUT2D eigenvalue weighted by molar-refractivity contribution is 7.22. The molecule has 1 atom stereocenters. The molecule has 0 aliphatic carbocycles. The molecule has 2 aromatic heterocycles. The third-order valence-electron chi connectivity index (χ3n) is 6.00. The first-order chi connectivity index (χ1) is 15.4. The Hall–Kier alpha value is -2.84. The number of rotatable bonds is 4. The van der Waals surface area contributed by atoms with E-state index in [1.54, 1.807) is 11.3 Å². The minimum absolute atomic E-state index is 0.0161. The summed E-state index contributed by atoms with van der Waals surface area (Å²) in [6, 6.07) is 17.1. The normalized spacial score (nSPS) is 16.6. The Morgan fingerprint density at radius 1 is 0.938 bits per heavy atom. The quantitative estimate of drug-likeness (QED) is 0.466. The Bertz CT molecular complexity index is 1160. The molecule has 4 aromatic rings. The van der Waals surface area contributed by atoms with Crippen molar-refractivity contribution in [1.82, 2.24) is 30.1 Å². The van der Waals surface area contributed by atoms with Crippen molar-refractivity contribution in [1.29, 1.82) is 0 Å². The molecule has 1 fully saturated rings. The number of fused-ring (bicyclic) bond motifs is 1. The average Bonchev–Trinajstić information content (AvgIpc) is 3.43. The van der Waals surface area contributed by atoms with Gasteiger partial charge in [-0.25, -0.2) is 9.67 Å². The van der Waals surface area contributed by atoms with Crippen LogP contribution in [0.2, 0.25) is 0 Å². The summed E-state index contributed by atoms with van der Waals surface area (Å²) in [6.07, 6.45) is 0. The van der Waals surface area contributed by atoms with Crippen LogP contribution in [0, 0.1) is 6.92 Å². The average molecular weight is 448 g/mol. The summed E-state index contributed by atoms with van der Waals surface area (Å²) in [7, 11) is 0. The molecule has 32 heavy (non-hydrogen) atoms. The van der Waals surface area contributed by atoms with Gasteiger partial charge in [0.25, 0.3) is 0 Å². The van der Waals surface area contributed by atoms with E-state index < -0.39 is 0 Å². The van der Waals surface area contributed by atoms with E-state index in [9.17, 15) is 0 Å². The molecule has 8 heteroatoms. The van der Waals surface area contributed by atoms with E-state index in [0.29, 0.717) is 0 Å². The van der Waals surface area contributed by atoms with Crippen molar-refractivity contribution in [2.45, 2.75) is 39.3 Å². The minimum Gasteiger partial charge on any atom is -0.345 e. The molecule has 3 heterocycles. The lowest BCUT2D eigenvalue weighted by atomic mass is 10.0. The van der Waals surface area contributed by atoms with Gasteiger partial charge in [0.05, 0.1) is 21.8 Å². The summed E-state index contributed by atoms with van der Waals surface area (Å²) in [4.78, 5) is 9.77. The van der Waals surface area contributed by atoms with Crippen LogP contribution in [0.3, 0.4) is 0 Å². The van der Waals surface area contributed by atoms with Gasteiger partial charge in [0.2, 0.25) is 0 Å². The standard InChI is InChI=1S/C24H29N7S/c1-17-9-11-18(12-10-17)21(22-26-27-28-31(22)24(2,3)4)29-13-15-30(16-14-29)23-25-19-7-5-6-8-20(19)32-23/h5-12,21H,13-16H2,1-4H3/t21-/m0/s1. The second-order valence-electron chi connectivity index (χ2n) is 9.42. The number of benzene rings is 2. The lowest BCUT2D eigenvalue weighted by Crippen LogP contribution is -2.48. The lowest BCUT2D eigenvalue weighted by molar-refractivity contribution is 0.191. The lowest BCUT2D eigenvalue weighted by Gasteiger charge is -2.39. The number of aromatic nitrogens is 5. The maximum Gasteiger partial charge on any atom is 0.186 e. The van der Waals surface area contributed by atoms with Crippen molar-refractivity contribution in [2.24, 2.45) is 0 Å². The van der Waals surface area contributed by atoms with Crippen LogP contribution >= 0.6 is 11.3 Å². The number of aryl methyl sites for hydroxylation is 1. The van der Waals surface area contributed by atoms with Crippen molar-refractivity contribution < 1.29 is 0 Å². The molecule has 5 rings (SSSR count). The van der Waals surface area contributed by atoms with Gasteiger partial charge in [-0.3, -0.25) is 4.90 Å². The Morgan fingerprint density at radius 3 is 2.34 bits per heavy atom. The predicted octanol–water partition coefficient (Wildman–Crippen LogP) is 4.26. The topological polar surface area (TPSA) is 63.0 Å². The second-order valence-corrected chi connectivity index (χ2v) is 10.4. The molecule has 2 aromatic carbocycles. The number of para-hydroxylation sites is 1. The zero-order valence-electron chi connectivity index (χ0n) is 19.1. The Labute approximate surface area is 192 Å². The number of tetrazole rings is 1. The first-order valence-corrected chi connectivity index (χ1v) is 11.9. The number of anilines is 1. The molecule has 0 saturated carbocycles. The fraction of sp³-hybridized carbons (Fsp3) is 0.417. The van der Waals surface area contributed by atoms with Crippen molar-refractivity contribution in [3.63, 3.8) is 0 Å². The highest BCUT2D eigenvalue weighted by atomic mass is 32.1. The van der Waals surface area contributed by atoms with E-state index in [0.717, 1.165) is 42.7 Å². The molecule has 1 aliphatic rings. The summed E-state index contributed by atoms with van der Waals surface area (Å²) < 4.78 is 3.21. The first kappa shape index (κ1) is 21.0. The van der Waals surface area contributed by atoms with Gasteiger partial charge in [-0.05, 0) is 55.8 Å². The first-order valence-electron chi connectivity index (χ1n) is 11.1. The van der Waals surface area contributed by atoms with E-state index in [1.807, 2.05) is 4.68 Å². The third kappa shape index (κ3) is 4.00. The summed E-state index contributed by atoms with van der Waals surface area (Å²) in [5.74, 6) is 0.898. The van der Waals surface area contributed by atoms with Crippen LogP contribution in [-0.4, -0.2) is 56.3 Å². The Balaban J connectivity index is 1.43. The molecule has 0 radical (unpaired) electrons. The van der Waals surface area contributed by atoms with Crippen molar-refractivity contribution in [3.05, 3.63) is 65.5 Å². The molecule has 1 aliphatic heterocycles. The number of hydrogen-bond acceptors (Lipinski definition) is 7. The van der Waals surface area contributed by atoms with Crippen LogP contribution in [0.5, 0.6) is 0 Å². The van der Waals surface area contributed by atoms with E-state index in [2.05, 4.69) is 102 Å². The maximum absolute atomic E-state index is 4.86. The molecule has 0 amide bonds. The van der Waals surface area contributed by atoms with Crippen molar-refractivity contribution in [2.75, 3.05) is 31.1 Å². The highest BCUT2D eigenvalue weighted by Crippen LogP contribution is 2.33. The molecule has 0 unspecified atom stereocenters. The summed E-state index contributed by atoms with van der Waals surface area (Å²) in [5.41, 5.74) is 3.37. The number of piperazine rings is 1. The molecular formula is C24H29N7S. The van der Waals surface area contributed by atoms with Gasteiger partial charge in [0.1, 0.15) is 0 Å². The van der Waals surface area contributed by atoms with E-state index >= 15 is 0 Å². The van der Waals surface area contributed by atoms with Crippen molar-refractivity contribution in [3.8, 4) is 0 Å². The molecular weight excluding hydrogens is 418 g/mol. The van der Waals surface area contributed by atoms with Gasteiger partial charge < -0.3 is 4.90 Å². The summed E-state index contributed by atoms with van der Waals surface area (Å²) >= 11 is 1.77. The SMILES string of the molecule is Cc1ccc([C@@H](c2nnnn2C(C)(C)C)N2CCN(c3nc4ccccc4s3)CC2)cc1. The van der Waals surface area contributed by atoms with E-state index in [1.165, 1.54) is 15.8 Å². The van der Waals surface area contributed by atoms with Crippen LogP contribution in [0.4, 0.5) is 5.13 Å². The molecule has 0 bridgehead atoms. The summed E-state index contributed by atoms with van der Waals surface area (Å²) in [5, 5.41) is 14.0. The number of nitrogens with zero attached hydrogens (tertiary/aromatic N) is 7. The Kier molecular flexibility index (Phi) is 5.43. The van der Waals surface area contributed by atoms with Gasteiger partial charge in [0, 0.05) is 26.2 Å². The van der Waals surface area contributed by atoms with E-state index in [-0.39, 0.29) is 11.6 Å². The van der Waals surface area contributed by atoms with Gasteiger partial charge in [-0.1, -0.05) is 53.3 Å². The fourth-order valence-electron chi connectivity index (χ4n) is 4.28. The van der Waals surface area contributed by atoms with E-state index in [4.69, 9.17) is 4.98 Å². The van der Waals surface area contributed by atoms with Crippen LogP contribution in [0.1, 0.15) is 43.8 Å². The zero-order valence-corrected chi connectivity index (χ0v) is 19.9. The minimum atomic E-state index is -0.190. The van der Waals surface area contributed by atoms with Crippen LogP contribution in [0.25, 0.3) is 10.2 Å². The van der Waals surface area contributed by atoms with Crippen molar-refractivity contribution >= 4 is 26.7 Å². The molecule has 166 valence electrons. The van der Waals surface area contributed by atoms with Crippen LogP contribution < -0.4 is 4.90 Å². The smallest absolute Gasteiger partial charge is 0.186 e. The zero-order chi connectivity index (χ0) is 22.3. The monoisotopic (exact) mass is 447 g/mol. The molecule has 7 nitrogen and oxygen atoms in total. The second kappa shape index (κ2) is 8.26.